The fourth-order valence-corrected chi connectivity index (χ4v) is 2.96. The molecule has 0 atom stereocenters. The number of nitrogens with one attached hydrogen (secondary N) is 3. The van der Waals surface area contributed by atoms with Crippen LogP contribution in [0.25, 0.3) is 10.8 Å². The number of H-pyrrole nitrogens is 1. The van der Waals surface area contributed by atoms with Crippen molar-refractivity contribution in [3.8, 4) is 0 Å². The second-order valence-electron chi connectivity index (χ2n) is 6.90. The predicted octanol–water partition coefficient (Wildman–Crippen LogP) is 1.46. The second kappa shape index (κ2) is 10.2. The molecule has 0 saturated heterocycles. The molecule has 0 bridgehead atoms. The van der Waals surface area contributed by atoms with Gasteiger partial charge in [0.15, 0.2) is 17.4 Å². The Kier molecular flexibility index (Phi) is 7.15. The van der Waals surface area contributed by atoms with Gasteiger partial charge in [-0.05, 0) is 31.0 Å². The van der Waals surface area contributed by atoms with Gasteiger partial charge in [0.05, 0.1) is 11.6 Å². The van der Waals surface area contributed by atoms with Crippen LogP contribution in [0.2, 0.25) is 0 Å². The molecular formula is C21H24N6O4. The first-order valence-corrected chi connectivity index (χ1v) is 9.85. The van der Waals surface area contributed by atoms with Crippen molar-refractivity contribution in [3.63, 3.8) is 0 Å². The van der Waals surface area contributed by atoms with Gasteiger partial charge in [0.1, 0.15) is 0 Å². The third kappa shape index (κ3) is 5.78. The van der Waals surface area contributed by atoms with E-state index in [0.29, 0.717) is 36.5 Å². The third-order valence-corrected chi connectivity index (χ3v) is 4.57. The van der Waals surface area contributed by atoms with Gasteiger partial charge in [0, 0.05) is 31.3 Å². The van der Waals surface area contributed by atoms with Gasteiger partial charge in [0.2, 0.25) is 11.8 Å². The van der Waals surface area contributed by atoms with E-state index in [4.69, 9.17) is 10.2 Å². The van der Waals surface area contributed by atoms with Crippen LogP contribution in [0, 0.1) is 6.92 Å². The first-order chi connectivity index (χ1) is 15.0. The van der Waals surface area contributed by atoms with Crippen molar-refractivity contribution in [1.82, 2.24) is 15.5 Å². The number of aryl methyl sites for hydroxylation is 1. The van der Waals surface area contributed by atoms with E-state index >= 15 is 0 Å². The molecule has 2 aromatic heterocycles. The standard InChI is InChI=1S/C21H24N6O4/c1-13-9-12-31-18(13)19(22)25-17(29)8-7-16(28)23-10-4-11-24-20-14-5-2-3-6-15(14)21(30)27-26-20/h2-3,5-6,9,12H,4,7-8,10-11H2,1H3,(H,23,28)(H,24,26)(H,27,30)(H2,22,25,29). The van der Waals surface area contributed by atoms with Crippen LogP contribution < -0.4 is 21.9 Å². The molecule has 10 heteroatoms. The molecule has 0 fully saturated rings. The van der Waals surface area contributed by atoms with Gasteiger partial charge in [-0.1, -0.05) is 18.2 Å². The van der Waals surface area contributed by atoms with E-state index in [0.717, 1.165) is 10.9 Å². The van der Waals surface area contributed by atoms with Crippen molar-refractivity contribution in [2.24, 2.45) is 10.7 Å². The molecule has 0 unspecified atom stereocenters. The lowest BCUT2D eigenvalue weighted by atomic mass is 10.2. The number of aliphatic imine (C=N–C) groups is 1. The molecule has 0 aliphatic rings. The van der Waals surface area contributed by atoms with Gasteiger partial charge in [-0.25, -0.2) is 5.10 Å². The van der Waals surface area contributed by atoms with E-state index in [1.54, 1.807) is 25.1 Å². The zero-order chi connectivity index (χ0) is 22.2. The van der Waals surface area contributed by atoms with E-state index in [1.807, 2.05) is 12.1 Å². The SMILES string of the molecule is Cc1ccoc1C(N)=NC(=O)CCC(=O)NCCCNc1n[nH]c(=O)c2ccccc12. The molecule has 10 nitrogen and oxygen atoms in total. The normalized spacial score (nSPS) is 11.5. The van der Waals surface area contributed by atoms with Gasteiger partial charge in [-0.2, -0.15) is 10.1 Å². The van der Waals surface area contributed by atoms with Gasteiger partial charge in [-0.15, -0.1) is 0 Å². The fraction of sp³-hybridized carbons (Fsp3) is 0.286. The van der Waals surface area contributed by atoms with Crippen LogP contribution in [0.15, 0.2) is 50.8 Å². The maximum absolute atomic E-state index is 11.9. The Labute approximate surface area is 177 Å². The summed E-state index contributed by atoms with van der Waals surface area (Å²) in [5.74, 6) is 0.205. The Morgan fingerprint density at radius 3 is 2.68 bits per heavy atom. The number of amides is 2. The summed E-state index contributed by atoms with van der Waals surface area (Å²) in [6.45, 7) is 2.77. The van der Waals surface area contributed by atoms with Crippen LogP contribution in [0.1, 0.15) is 30.6 Å². The molecule has 31 heavy (non-hydrogen) atoms. The molecule has 2 heterocycles. The van der Waals surface area contributed by atoms with E-state index in [1.165, 1.54) is 6.26 Å². The Hall–Kier alpha value is -3.95. The number of anilines is 1. The van der Waals surface area contributed by atoms with Crippen molar-refractivity contribution in [3.05, 3.63) is 58.3 Å². The number of fused-ring (bicyclic) bond motifs is 1. The van der Waals surface area contributed by atoms with Crippen molar-refractivity contribution < 1.29 is 14.0 Å². The number of carbonyl (C=O) groups is 2. The first-order valence-electron chi connectivity index (χ1n) is 9.85. The number of benzene rings is 1. The fourth-order valence-electron chi connectivity index (χ4n) is 2.96. The van der Waals surface area contributed by atoms with Crippen LogP contribution in [0.4, 0.5) is 5.82 Å². The van der Waals surface area contributed by atoms with Gasteiger partial charge in [-0.3, -0.25) is 14.4 Å². The number of carbonyl (C=O) groups excluding carboxylic acids is 2. The Bertz CT molecular complexity index is 1160. The van der Waals surface area contributed by atoms with E-state index < -0.39 is 5.91 Å². The number of hydrogen-bond donors (Lipinski definition) is 4. The molecular weight excluding hydrogens is 400 g/mol. The highest BCUT2D eigenvalue weighted by Gasteiger charge is 2.11. The number of nitrogens with zero attached hydrogens (tertiary/aromatic N) is 2. The van der Waals surface area contributed by atoms with Crippen LogP contribution in [0.5, 0.6) is 0 Å². The summed E-state index contributed by atoms with van der Waals surface area (Å²) < 4.78 is 5.17. The molecule has 0 spiro atoms. The zero-order valence-corrected chi connectivity index (χ0v) is 17.1. The minimum absolute atomic E-state index is 0.00220. The number of furan rings is 1. The Morgan fingerprint density at radius 2 is 1.94 bits per heavy atom. The molecule has 0 radical (unpaired) electrons. The molecule has 3 aromatic rings. The van der Waals surface area contributed by atoms with Crippen LogP contribution in [-0.4, -0.2) is 40.9 Å². The minimum atomic E-state index is -0.485. The molecule has 3 rings (SSSR count). The van der Waals surface area contributed by atoms with Crippen LogP contribution >= 0.6 is 0 Å². The van der Waals surface area contributed by atoms with Crippen molar-refractivity contribution >= 4 is 34.2 Å². The van der Waals surface area contributed by atoms with Gasteiger partial charge < -0.3 is 20.8 Å². The molecule has 0 aliphatic heterocycles. The molecule has 0 saturated carbocycles. The van der Waals surface area contributed by atoms with Gasteiger partial charge >= 0.3 is 0 Å². The van der Waals surface area contributed by atoms with Gasteiger partial charge in [0.25, 0.3) is 5.56 Å². The van der Waals surface area contributed by atoms with E-state index in [-0.39, 0.29) is 30.1 Å². The highest BCUT2D eigenvalue weighted by atomic mass is 16.3. The maximum atomic E-state index is 11.9. The summed E-state index contributed by atoms with van der Waals surface area (Å²) in [7, 11) is 0. The van der Waals surface area contributed by atoms with Crippen molar-refractivity contribution in [2.45, 2.75) is 26.2 Å². The number of hydrogen-bond acceptors (Lipinski definition) is 6. The summed E-state index contributed by atoms with van der Waals surface area (Å²) in [5.41, 5.74) is 6.30. The van der Waals surface area contributed by atoms with Crippen molar-refractivity contribution in [1.29, 1.82) is 0 Å². The van der Waals surface area contributed by atoms with Crippen LogP contribution in [-0.2, 0) is 9.59 Å². The Morgan fingerprint density at radius 1 is 1.16 bits per heavy atom. The highest BCUT2D eigenvalue weighted by molar-refractivity contribution is 6.03. The number of amidine groups is 1. The summed E-state index contributed by atoms with van der Waals surface area (Å²) >= 11 is 0. The molecule has 1 aromatic carbocycles. The average molecular weight is 424 g/mol. The van der Waals surface area contributed by atoms with Crippen molar-refractivity contribution in [2.75, 3.05) is 18.4 Å². The molecule has 5 N–H and O–H groups in total. The molecule has 0 aliphatic carbocycles. The smallest absolute Gasteiger partial charge is 0.272 e. The van der Waals surface area contributed by atoms with E-state index in [9.17, 15) is 14.4 Å². The highest BCUT2D eigenvalue weighted by Crippen LogP contribution is 2.16. The quantitative estimate of drug-likeness (QED) is 0.230. The third-order valence-electron chi connectivity index (χ3n) is 4.57. The average Bonchev–Trinajstić information content (AvgIpc) is 3.19. The monoisotopic (exact) mass is 424 g/mol. The number of rotatable bonds is 9. The lowest BCUT2D eigenvalue weighted by molar-refractivity contribution is -0.124. The number of aromatic amines is 1. The topological polar surface area (TPSA) is 155 Å². The largest absolute Gasteiger partial charge is 0.461 e. The lowest BCUT2D eigenvalue weighted by Crippen LogP contribution is -2.26. The predicted molar refractivity (Wildman–Crippen MR) is 117 cm³/mol. The maximum Gasteiger partial charge on any atom is 0.272 e. The lowest BCUT2D eigenvalue weighted by Gasteiger charge is -2.08. The summed E-state index contributed by atoms with van der Waals surface area (Å²) in [6, 6.07) is 8.90. The molecule has 162 valence electrons. The first kappa shape index (κ1) is 21.8. The Balaban J connectivity index is 1.37. The van der Waals surface area contributed by atoms with Crippen LogP contribution in [0.3, 0.4) is 0 Å². The summed E-state index contributed by atoms with van der Waals surface area (Å²) in [5, 5.41) is 13.7. The number of nitrogens with two attached hydrogens (primary N) is 1. The molecule has 2 amide bonds. The second-order valence-corrected chi connectivity index (χ2v) is 6.90. The van der Waals surface area contributed by atoms with E-state index in [2.05, 4.69) is 25.8 Å². The summed E-state index contributed by atoms with van der Waals surface area (Å²) in [4.78, 5) is 39.4. The minimum Gasteiger partial charge on any atom is -0.461 e. The summed E-state index contributed by atoms with van der Waals surface area (Å²) in [6.07, 6.45) is 2.08. The number of aromatic nitrogens is 2. The zero-order valence-electron chi connectivity index (χ0n) is 17.1.